The maximum atomic E-state index is 14.0. The first-order chi connectivity index (χ1) is 15.4. The number of benzene rings is 3. The molecule has 0 bridgehead atoms. The molecule has 1 heterocycles. The second kappa shape index (κ2) is 9.01. The third kappa shape index (κ3) is 4.37. The smallest absolute Gasteiger partial charge is 0.311 e. The third-order valence-corrected chi connectivity index (χ3v) is 5.24. The highest BCUT2D eigenvalue weighted by molar-refractivity contribution is 6.01. The van der Waals surface area contributed by atoms with Gasteiger partial charge in [-0.05, 0) is 29.3 Å². The van der Waals surface area contributed by atoms with E-state index in [9.17, 15) is 23.5 Å². The molecule has 162 valence electrons. The summed E-state index contributed by atoms with van der Waals surface area (Å²) in [5.41, 5.74) is 1.62. The summed E-state index contributed by atoms with van der Waals surface area (Å²) in [4.78, 5) is 27.6. The average molecular weight is 435 g/mol. The predicted octanol–water partition coefficient (Wildman–Crippen LogP) is 5.47. The quantitative estimate of drug-likeness (QED) is 0.360. The second-order valence-corrected chi connectivity index (χ2v) is 7.34. The topological polar surface area (TPSA) is 79.4 Å². The zero-order valence-corrected chi connectivity index (χ0v) is 16.8. The molecular weight excluding hydrogens is 416 g/mol. The molecule has 1 atom stereocenters. The van der Waals surface area contributed by atoms with E-state index in [-0.39, 0.29) is 5.56 Å². The minimum absolute atomic E-state index is 0.332. The number of carboxylic acid groups (broad SMARTS) is 1. The molecule has 0 aliphatic heterocycles. The fraction of sp³-hybridized carbons (Fsp3) is 0.120. The molecule has 0 spiro atoms. The Hall–Kier alpha value is -4.00. The van der Waals surface area contributed by atoms with Crippen molar-refractivity contribution in [3.63, 3.8) is 0 Å². The van der Waals surface area contributed by atoms with Crippen LogP contribution < -0.4 is 4.74 Å². The Bertz CT molecular complexity index is 1280. The van der Waals surface area contributed by atoms with Crippen LogP contribution in [0.15, 0.2) is 72.9 Å². The van der Waals surface area contributed by atoms with E-state index in [1.165, 1.54) is 6.20 Å². The number of aromatic nitrogens is 1. The summed E-state index contributed by atoms with van der Waals surface area (Å²) < 4.78 is 33.0. The number of aromatic amines is 1. The number of rotatable bonds is 8. The number of nitrogens with one attached hydrogen (secondary N) is 1. The number of fused-ring (bicyclic) bond motifs is 1. The summed E-state index contributed by atoms with van der Waals surface area (Å²) in [6.45, 7) is 0.332. The Kier molecular flexibility index (Phi) is 5.98. The molecule has 0 amide bonds. The number of carboxylic acids is 1. The SMILES string of the molecule is O=C(CC(C(=O)O)c1c[nH]c2c(OCc3ccccc3)cccc12)c1ccc(F)cc1F. The van der Waals surface area contributed by atoms with Crippen LogP contribution in [0.1, 0.15) is 33.8 Å². The Balaban J connectivity index is 1.61. The Morgan fingerprint density at radius 3 is 2.50 bits per heavy atom. The van der Waals surface area contributed by atoms with Gasteiger partial charge < -0.3 is 14.8 Å². The molecule has 5 nitrogen and oxygen atoms in total. The van der Waals surface area contributed by atoms with Crippen molar-refractivity contribution < 1.29 is 28.2 Å². The summed E-state index contributed by atoms with van der Waals surface area (Å²) in [6.07, 6.45) is 1.05. The van der Waals surface area contributed by atoms with Crippen LogP contribution in [0.3, 0.4) is 0 Å². The lowest BCUT2D eigenvalue weighted by molar-refractivity contribution is -0.138. The largest absolute Gasteiger partial charge is 0.487 e. The van der Waals surface area contributed by atoms with Crippen LogP contribution in [0.4, 0.5) is 8.78 Å². The Morgan fingerprint density at radius 2 is 1.78 bits per heavy atom. The minimum Gasteiger partial charge on any atom is -0.487 e. The van der Waals surface area contributed by atoms with Crippen LogP contribution in [0, 0.1) is 11.6 Å². The third-order valence-electron chi connectivity index (χ3n) is 5.24. The van der Waals surface area contributed by atoms with Crippen molar-refractivity contribution in [2.75, 3.05) is 0 Å². The van der Waals surface area contributed by atoms with E-state index < -0.39 is 35.7 Å². The van der Waals surface area contributed by atoms with Crippen LogP contribution in [-0.2, 0) is 11.4 Å². The number of para-hydroxylation sites is 1. The Labute approximate surface area is 182 Å². The summed E-state index contributed by atoms with van der Waals surface area (Å²) in [5, 5.41) is 10.4. The highest BCUT2D eigenvalue weighted by Crippen LogP contribution is 2.34. The van der Waals surface area contributed by atoms with E-state index in [0.717, 1.165) is 17.7 Å². The molecular formula is C25H19F2NO4. The molecule has 1 aromatic heterocycles. The lowest BCUT2D eigenvalue weighted by atomic mass is 9.91. The van der Waals surface area contributed by atoms with Crippen LogP contribution >= 0.6 is 0 Å². The number of carbonyl (C=O) groups excluding carboxylic acids is 1. The molecule has 4 rings (SSSR count). The monoisotopic (exact) mass is 435 g/mol. The summed E-state index contributed by atoms with van der Waals surface area (Å²) >= 11 is 0. The molecule has 3 aromatic carbocycles. The zero-order chi connectivity index (χ0) is 22.7. The molecule has 0 saturated heterocycles. The normalized spacial score (nSPS) is 11.9. The van der Waals surface area contributed by atoms with Crippen molar-refractivity contribution in [1.29, 1.82) is 0 Å². The van der Waals surface area contributed by atoms with Crippen molar-refractivity contribution in [1.82, 2.24) is 4.98 Å². The van der Waals surface area contributed by atoms with Gasteiger partial charge in [-0.15, -0.1) is 0 Å². The number of H-pyrrole nitrogens is 1. The fourth-order valence-corrected chi connectivity index (χ4v) is 3.63. The molecule has 2 N–H and O–H groups in total. The van der Waals surface area contributed by atoms with Crippen LogP contribution in [-0.4, -0.2) is 21.8 Å². The number of hydrogen-bond donors (Lipinski definition) is 2. The molecule has 1 unspecified atom stereocenters. The van der Waals surface area contributed by atoms with Gasteiger partial charge in [0.15, 0.2) is 5.78 Å². The number of Topliss-reactive ketones (excluding diaryl/α,β-unsaturated/α-hetero) is 1. The summed E-state index contributed by atoms with van der Waals surface area (Å²) in [7, 11) is 0. The number of carbonyl (C=O) groups is 2. The first-order valence-corrected chi connectivity index (χ1v) is 9.92. The van der Waals surface area contributed by atoms with Gasteiger partial charge in [0.25, 0.3) is 0 Å². The van der Waals surface area contributed by atoms with Gasteiger partial charge >= 0.3 is 5.97 Å². The number of hydrogen-bond acceptors (Lipinski definition) is 3. The fourth-order valence-electron chi connectivity index (χ4n) is 3.63. The molecule has 32 heavy (non-hydrogen) atoms. The molecule has 0 saturated carbocycles. The first-order valence-electron chi connectivity index (χ1n) is 9.92. The van der Waals surface area contributed by atoms with Crippen molar-refractivity contribution >= 4 is 22.7 Å². The van der Waals surface area contributed by atoms with Crippen LogP contribution in [0.25, 0.3) is 10.9 Å². The van der Waals surface area contributed by atoms with Gasteiger partial charge in [-0.1, -0.05) is 42.5 Å². The first kappa shape index (κ1) is 21.2. The molecule has 0 radical (unpaired) electrons. The number of halogens is 2. The lowest BCUT2D eigenvalue weighted by Crippen LogP contribution is -2.17. The highest BCUT2D eigenvalue weighted by Gasteiger charge is 2.28. The summed E-state index contributed by atoms with van der Waals surface area (Å²) in [6, 6.07) is 17.4. The zero-order valence-electron chi connectivity index (χ0n) is 16.8. The second-order valence-electron chi connectivity index (χ2n) is 7.34. The highest BCUT2D eigenvalue weighted by atomic mass is 19.1. The van der Waals surface area contributed by atoms with Gasteiger partial charge in [0.05, 0.1) is 17.0 Å². The van der Waals surface area contributed by atoms with E-state index in [1.54, 1.807) is 18.2 Å². The van der Waals surface area contributed by atoms with E-state index in [0.29, 0.717) is 34.9 Å². The van der Waals surface area contributed by atoms with Gasteiger partial charge in [-0.2, -0.15) is 0 Å². The molecule has 0 aliphatic carbocycles. The number of aliphatic carboxylic acids is 1. The lowest BCUT2D eigenvalue weighted by Gasteiger charge is -2.12. The number of ketones is 1. The average Bonchev–Trinajstić information content (AvgIpc) is 3.21. The molecule has 7 heteroatoms. The van der Waals surface area contributed by atoms with E-state index in [1.807, 2.05) is 30.3 Å². The van der Waals surface area contributed by atoms with Gasteiger partial charge in [0, 0.05) is 24.1 Å². The summed E-state index contributed by atoms with van der Waals surface area (Å²) in [5.74, 6) is -4.45. The standard InChI is InChI=1S/C25H19F2NO4/c26-16-9-10-18(21(27)11-16)22(29)12-19(25(30)31)20-13-28-24-17(20)7-4-8-23(24)32-14-15-5-2-1-3-6-15/h1-11,13,19,28H,12,14H2,(H,30,31). The number of ether oxygens (including phenoxy) is 1. The van der Waals surface area contributed by atoms with E-state index >= 15 is 0 Å². The van der Waals surface area contributed by atoms with Crippen molar-refractivity contribution in [3.05, 3.63) is 101 Å². The van der Waals surface area contributed by atoms with Crippen molar-refractivity contribution in [3.8, 4) is 5.75 Å². The maximum Gasteiger partial charge on any atom is 0.311 e. The van der Waals surface area contributed by atoms with E-state index in [4.69, 9.17) is 4.74 Å². The van der Waals surface area contributed by atoms with E-state index in [2.05, 4.69) is 4.98 Å². The van der Waals surface area contributed by atoms with Gasteiger partial charge in [-0.3, -0.25) is 9.59 Å². The Morgan fingerprint density at radius 1 is 1.00 bits per heavy atom. The van der Waals surface area contributed by atoms with Crippen LogP contribution in [0.2, 0.25) is 0 Å². The van der Waals surface area contributed by atoms with Crippen LogP contribution in [0.5, 0.6) is 5.75 Å². The van der Waals surface area contributed by atoms with Crippen molar-refractivity contribution in [2.24, 2.45) is 0 Å². The van der Waals surface area contributed by atoms with Gasteiger partial charge in [0.1, 0.15) is 24.0 Å². The van der Waals surface area contributed by atoms with Gasteiger partial charge in [-0.25, -0.2) is 8.78 Å². The predicted molar refractivity (Wildman–Crippen MR) is 115 cm³/mol. The van der Waals surface area contributed by atoms with Crippen molar-refractivity contribution in [2.45, 2.75) is 18.9 Å². The molecule has 0 aliphatic rings. The molecule has 4 aromatic rings. The minimum atomic E-state index is -1.22. The maximum absolute atomic E-state index is 14.0. The molecule has 0 fully saturated rings. The van der Waals surface area contributed by atoms with Gasteiger partial charge in [0.2, 0.25) is 0 Å².